The van der Waals surface area contributed by atoms with Gasteiger partial charge in [-0.2, -0.15) is 0 Å². The van der Waals surface area contributed by atoms with Crippen LogP contribution in [0, 0.1) is 5.41 Å². The highest BCUT2D eigenvalue weighted by Gasteiger charge is 2.44. The van der Waals surface area contributed by atoms with E-state index in [9.17, 15) is 4.79 Å². The first-order valence-electron chi connectivity index (χ1n) is 10.2. The summed E-state index contributed by atoms with van der Waals surface area (Å²) in [4.78, 5) is 23.8. The fourth-order valence-corrected chi connectivity index (χ4v) is 4.03. The summed E-state index contributed by atoms with van der Waals surface area (Å²) in [7, 11) is 2.02. The summed E-state index contributed by atoms with van der Waals surface area (Å²) in [6, 6.07) is 0.0971. The minimum atomic E-state index is 0.0971. The Morgan fingerprint density at radius 3 is 2.52 bits per heavy atom. The number of nitrogens with one attached hydrogen (secondary N) is 1. The standard InChI is InChI=1S/C19H32N6O2/c1-22-5-4-20-17(22)14-23-6-8-25(9-7-23)18(26)21-15-19(2-3-19)16-24-10-12-27-13-11-24/h4-5H,2-3,6-16H2,1H3,(H,21,26). The highest BCUT2D eigenvalue weighted by atomic mass is 16.5. The lowest BCUT2D eigenvalue weighted by molar-refractivity contribution is 0.0284. The van der Waals surface area contributed by atoms with Crippen molar-refractivity contribution in [3.8, 4) is 0 Å². The Hall–Kier alpha value is -1.64. The van der Waals surface area contributed by atoms with Crippen LogP contribution < -0.4 is 5.32 Å². The number of morpholine rings is 1. The van der Waals surface area contributed by atoms with Crippen molar-refractivity contribution in [2.24, 2.45) is 12.5 Å². The Kier molecular flexibility index (Phi) is 5.66. The molecule has 0 radical (unpaired) electrons. The number of piperazine rings is 1. The molecule has 3 heterocycles. The third kappa shape index (κ3) is 4.80. The Morgan fingerprint density at radius 2 is 1.89 bits per heavy atom. The monoisotopic (exact) mass is 376 g/mol. The summed E-state index contributed by atoms with van der Waals surface area (Å²) in [6.45, 7) is 9.83. The van der Waals surface area contributed by atoms with E-state index in [1.54, 1.807) is 0 Å². The number of hydrogen-bond acceptors (Lipinski definition) is 5. The number of ether oxygens (including phenoxy) is 1. The van der Waals surface area contributed by atoms with E-state index in [4.69, 9.17) is 4.74 Å². The third-order valence-corrected chi connectivity index (χ3v) is 6.18. The molecule has 1 aromatic rings. The Morgan fingerprint density at radius 1 is 1.15 bits per heavy atom. The Labute approximate surface area is 161 Å². The third-order valence-electron chi connectivity index (χ3n) is 6.18. The minimum absolute atomic E-state index is 0.0971. The molecule has 1 N–H and O–H groups in total. The number of aromatic nitrogens is 2. The Bertz CT molecular complexity index is 630. The van der Waals surface area contributed by atoms with Crippen molar-refractivity contribution in [3.05, 3.63) is 18.2 Å². The van der Waals surface area contributed by atoms with E-state index in [1.165, 1.54) is 12.8 Å². The van der Waals surface area contributed by atoms with Crippen molar-refractivity contribution in [2.45, 2.75) is 19.4 Å². The van der Waals surface area contributed by atoms with Crippen LogP contribution in [0.2, 0.25) is 0 Å². The number of rotatable bonds is 6. The van der Waals surface area contributed by atoms with Crippen molar-refractivity contribution in [3.63, 3.8) is 0 Å². The minimum Gasteiger partial charge on any atom is -0.379 e. The van der Waals surface area contributed by atoms with Crippen molar-refractivity contribution < 1.29 is 9.53 Å². The number of hydrogen-bond donors (Lipinski definition) is 1. The van der Waals surface area contributed by atoms with Gasteiger partial charge in [0.2, 0.25) is 0 Å². The zero-order chi connectivity index (χ0) is 18.7. The van der Waals surface area contributed by atoms with Gasteiger partial charge in [-0.3, -0.25) is 9.80 Å². The number of urea groups is 1. The summed E-state index contributed by atoms with van der Waals surface area (Å²) in [5.74, 6) is 1.08. The average Bonchev–Trinajstić information content (AvgIpc) is 3.34. The molecule has 2 saturated heterocycles. The normalized spacial score (nSPS) is 23.4. The molecule has 3 fully saturated rings. The molecule has 0 unspecified atom stereocenters. The van der Waals surface area contributed by atoms with E-state index in [2.05, 4.69) is 24.7 Å². The zero-order valence-electron chi connectivity index (χ0n) is 16.4. The number of nitrogens with zero attached hydrogens (tertiary/aromatic N) is 5. The molecule has 0 aromatic carbocycles. The highest BCUT2D eigenvalue weighted by molar-refractivity contribution is 5.74. The van der Waals surface area contributed by atoms with Crippen molar-refractivity contribution in [1.29, 1.82) is 0 Å². The summed E-state index contributed by atoms with van der Waals surface area (Å²) < 4.78 is 7.49. The number of carbonyl (C=O) groups excluding carboxylic acids is 1. The van der Waals surface area contributed by atoms with Gasteiger partial charge in [0, 0.05) is 77.2 Å². The molecule has 4 rings (SSSR count). The zero-order valence-corrected chi connectivity index (χ0v) is 16.4. The topological polar surface area (TPSA) is 65.9 Å². The lowest BCUT2D eigenvalue weighted by Gasteiger charge is -2.35. The predicted octanol–water partition coefficient (Wildman–Crippen LogP) is 0.360. The molecule has 3 aliphatic rings. The van der Waals surface area contributed by atoms with Crippen LogP contribution in [0.5, 0.6) is 0 Å². The van der Waals surface area contributed by atoms with Crippen LogP contribution in [-0.2, 0) is 18.3 Å². The molecule has 0 atom stereocenters. The Balaban J connectivity index is 1.18. The maximum absolute atomic E-state index is 12.6. The van der Waals surface area contributed by atoms with Gasteiger partial charge in [0.05, 0.1) is 19.8 Å². The molecule has 1 aliphatic carbocycles. The van der Waals surface area contributed by atoms with E-state index in [-0.39, 0.29) is 6.03 Å². The maximum atomic E-state index is 12.6. The molecule has 1 saturated carbocycles. The summed E-state index contributed by atoms with van der Waals surface area (Å²) in [6.07, 6.45) is 6.26. The molecule has 8 heteroatoms. The van der Waals surface area contributed by atoms with E-state index in [1.807, 2.05) is 24.3 Å². The molecule has 0 bridgehead atoms. The van der Waals surface area contributed by atoms with Crippen LogP contribution in [0.1, 0.15) is 18.7 Å². The van der Waals surface area contributed by atoms with E-state index >= 15 is 0 Å². The van der Waals surface area contributed by atoms with Crippen molar-refractivity contribution in [1.82, 2.24) is 29.6 Å². The van der Waals surface area contributed by atoms with Crippen LogP contribution >= 0.6 is 0 Å². The van der Waals surface area contributed by atoms with Gasteiger partial charge in [0.15, 0.2) is 0 Å². The summed E-state index contributed by atoms with van der Waals surface area (Å²) in [5, 5.41) is 3.21. The largest absolute Gasteiger partial charge is 0.379 e. The van der Waals surface area contributed by atoms with E-state index in [0.29, 0.717) is 5.41 Å². The molecule has 150 valence electrons. The van der Waals surface area contributed by atoms with E-state index in [0.717, 1.165) is 77.9 Å². The lowest BCUT2D eigenvalue weighted by atomic mass is 10.1. The molecule has 8 nitrogen and oxygen atoms in total. The van der Waals surface area contributed by atoms with Crippen molar-refractivity contribution in [2.75, 3.05) is 65.6 Å². The van der Waals surface area contributed by atoms with Gasteiger partial charge in [0.25, 0.3) is 0 Å². The van der Waals surface area contributed by atoms with Gasteiger partial charge in [-0.05, 0) is 12.8 Å². The lowest BCUT2D eigenvalue weighted by Crippen LogP contribution is -2.52. The number of carbonyl (C=O) groups is 1. The van der Waals surface area contributed by atoms with E-state index < -0.39 is 0 Å². The number of imidazole rings is 1. The van der Waals surface area contributed by atoms with Crippen LogP contribution in [0.15, 0.2) is 12.4 Å². The molecule has 27 heavy (non-hydrogen) atoms. The quantitative estimate of drug-likeness (QED) is 0.777. The SMILES string of the molecule is Cn1ccnc1CN1CCN(C(=O)NCC2(CN3CCOCC3)CC2)CC1. The second kappa shape index (κ2) is 8.16. The fourth-order valence-electron chi connectivity index (χ4n) is 4.03. The van der Waals surface area contributed by atoms with Gasteiger partial charge in [-0.25, -0.2) is 9.78 Å². The van der Waals surface area contributed by atoms with Gasteiger partial charge in [-0.15, -0.1) is 0 Å². The van der Waals surface area contributed by atoms with Gasteiger partial charge in [0.1, 0.15) is 5.82 Å². The molecule has 0 spiro atoms. The smallest absolute Gasteiger partial charge is 0.317 e. The molecular weight excluding hydrogens is 344 g/mol. The number of amides is 2. The van der Waals surface area contributed by atoms with Gasteiger partial charge in [-0.1, -0.05) is 0 Å². The average molecular weight is 377 g/mol. The molecular formula is C19H32N6O2. The molecule has 2 amide bonds. The fraction of sp³-hybridized carbons (Fsp3) is 0.789. The van der Waals surface area contributed by atoms with Crippen LogP contribution in [0.4, 0.5) is 4.79 Å². The summed E-state index contributed by atoms with van der Waals surface area (Å²) in [5.41, 5.74) is 0.299. The van der Waals surface area contributed by atoms with Crippen LogP contribution in [-0.4, -0.2) is 95.9 Å². The second-order valence-electron chi connectivity index (χ2n) is 8.26. The van der Waals surface area contributed by atoms with Gasteiger partial charge < -0.3 is 19.5 Å². The van der Waals surface area contributed by atoms with Crippen molar-refractivity contribution >= 4 is 6.03 Å². The first-order valence-corrected chi connectivity index (χ1v) is 10.2. The van der Waals surface area contributed by atoms with Gasteiger partial charge >= 0.3 is 6.03 Å². The van der Waals surface area contributed by atoms with Crippen LogP contribution in [0.3, 0.4) is 0 Å². The highest BCUT2D eigenvalue weighted by Crippen LogP contribution is 2.45. The predicted molar refractivity (Wildman–Crippen MR) is 102 cm³/mol. The number of aryl methyl sites for hydroxylation is 1. The maximum Gasteiger partial charge on any atom is 0.317 e. The second-order valence-corrected chi connectivity index (χ2v) is 8.26. The summed E-state index contributed by atoms with van der Waals surface area (Å²) >= 11 is 0. The van der Waals surface area contributed by atoms with Crippen LogP contribution in [0.25, 0.3) is 0 Å². The molecule has 2 aliphatic heterocycles. The first kappa shape index (κ1) is 18.7. The molecule has 1 aromatic heterocycles. The first-order chi connectivity index (χ1) is 13.1.